The maximum atomic E-state index is 13.3. The van der Waals surface area contributed by atoms with E-state index in [-0.39, 0.29) is 22.9 Å². The van der Waals surface area contributed by atoms with E-state index in [2.05, 4.69) is 15.3 Å². The molecule has 1 N–H and O–H groups in total. The molecule has 1 aromatic heterocycles. The van der Waals surface area contributed by atoms with Gasteiger partial charge in [0.2, 0.25) is 0 Å². The summed E-state index contributed by atoms with van der Waals surface area (Å²) in [6, 6.07) is 8.31. The standard InChI is InChI=1S/C20H21F3N4O2S/c21-20(22,23)16-11-17(27-7-9-29-10-8-27)26-19(25-16)30-12-13-1-3-14(4-2-13)18(28)24-15-5-6-15/h1-4,11,15H,5-10,12H2,(H,24,28). The minimum absolute atomic E-state index is 0.0712. The van der Waals surface area contributed by atoms with Crippen LogP contribution in [0.5, 0.6) is 0 Å². The van der Waals surface area contributed by atoms with Crippen LogP contribution in [0.2, 0.25) is 0 Å². The van der Waals surface area contributed by atoms with Crippen LogP contribution in [-0.4, -0.2) is 48.2 Å². The molecule has 2 aliphatic rings. The summed E-state index contributed by atoms with van der Waals surface area (Å²) in [6.07, 6.45) is -2.51. The maximum Gasteiger partial charge on any atom is 0.433 e. The number of carbonyl (C=O) groups excluding carboxylic acids is 1. The normalized spacial score (nSPS) is 17.1. The summed E-state index contributed by atoms with van der Waals surface area (Å²) in [7, 11) is 0. The van der Waals surface area contributed by atoms with Crippen molar-refractivity contribution in [3.63, 3.8) is 0 Å². The monoisotopic (exact) mass is 438 g/mol. The molecule has 1 saturated carbocycles. The van der Waals surface area contributed by atoms with E-state index >= 15 is 0 Å². The minimum Gasteiger partial charge on any atom is -0.378 e. The topological polar surface area (TPSA) is 67.4 Å². The number of halogens is 3. The first-order chi connectivity index (χ1) is 14.4. The molecule has 0 atom stereocenters. The van der Waals surface area contributed by atoms with Crippen LogP contribution >= 0.6 is 11.8 Å². The van der Waals surface area contributed by atoms with Crippen LogP contribution in [-0.2, 0) is 16.7 Å². The van der Waals surface area contributed by atoms with Crippen molar-refractivity contribution in [2.24, 2.45) is 0 Å². The quantitative estimate of drug-likeness (QED) is 0.550. The number of hydrogen-bond acceptors (Lipinski definition) is 6. The average molecular weight is 438 g/mol. The van der Waals surface area contributed by atoms with E-state index in [1.54, 1.807) is 29.2 Å². The van der Waals surface area contributed by atoms with Gasteiger partial charge in [0.15, 0.2) is 10.9 Å². The fraction of sp³-hybridized carbons (Fsp3) is 0.450. The second kappa shape index (κ2) is 8.81. The SMILES string of the molecule is O=C(NC1CC1)c1ccc(CSc2nc(N3CCOCC3)cc(C(F)(F)F)n2)cc1. The number of hydrogen-bond donors (Lipinski definition) is 1. The Balaban J connectivity index is 1.45. The molecule has 1 aliphatic carbocycles. The molecule has 160 valence electrons. The summed E-state index contributed by atoms with van der Waals surface area (Å²) in [5, 5.41) is 2.99. The molecule has 0 spiro atoms. The van der Waals surface area contributed by atoms with Crippen LogP contribution in [0.1, 0.15) is 34.5 Å². The third-order valence-electron chi connectivity index (χ3n) is 4.81. The number of amides is 1. The summed E-state index contributed by atoms with van der Waals surface area (Å²) in [5.41, 5.74) is 0.492. The molecular formula is C20H21F3N4O2S. The fourth-order valence-corrected chi connectivity index (χ4v) is 3.78. The molecule has 4 rings (SSSR count). The van der Waals surface area contributed by atoms with Crippen molar-refractivity contribution in [3.05, 3.63) is 47.2 Å². The number of carbonyl (C=O) groups is 1. The Morgan fingerprint density at radius 3 is 2.50 bits per heavy atom. The van der Waals surface area contributed by atoms with Gasteiger partial charge in [-0.3, -0.25) is 4.79 Å². The highest BCUT2D eigenvalue weighted by molar-refractivity contribution is 7.98. The molecule has 1 saturated heterocycles. The molecule has 0 radical (unpaired) electrons. The Kier molecular flexibility index (Phi) is 6.14. The predicted molar refractivity (Wildman–Crippen MR) is 107 cm³/mol. The summed E-state index contributed by atoms with van der Waals surface area (Å²) >= 11 is 1.14. The average Bonchev–Trinajstić information content (AvgIpc) is 3.56. The Morgan fingerprint density at radius 1 is 1.17 bits per heavy atom. The number of benzene rings is 1. The molecule has 6 nitrogen and oxygen atoms in total. The molecule has 2 aromatic rings. The van der Waals surface area contributed by atoms with Crippen molar-refractivity contribution >= 4 is 23.5 Å². The number of aromatic nitrogens is 2. The van der Waals surface area contributed by atoms with E-state index in [4.69, 9.17) is 4.74 Å². The smallest absolute Gasteiger partial charge is 0.378 e. The lowest BCUT2D eigenvalue weighted by Gasteiger charge is -2.28. The lowest BCUT2D eigenvalue weighted by Crippen LogP contribution is -2.37. The third-order valence-corrected chi connectivity index (χ3v) is 5.73. The van der Waals surface area contributed by atoms with Crippen molar-refractivity contribution in [1.82, 2.24) is 15.3 Å². The first kappa shape index (κ1) is 20.9. The molecule has 2 heterocycles. The van der Waals surface area contributed by atoms with E-state index in [1.165, 1.54) is 0 Å². The van der Waals surface area contributed by atoms with Crippen LogP contribution in [0, 0.1) is 0 Å². The highest BCUT2D eigenvalue weighted by atomic mass is 32.2. The molecule has 1 aromatic carbocycles. The fourth-order valence-electron chi connectivity index (χ4n) is 2.97. The van der Waals surface area contributed by atoms with E-state index in [0.29, 0.717) is 37.6 Å². The third kappa shape index (κ3) is 5.42. The number of nitrogens with one attached hydrogen (secondary N) is 1. The zero-order valence-electron chi connectivity index (χ0n) is 16.1. The van der Waals surface area contributed by atoms with Crippen molar-refractivity contribution in [2.75, 3.05) is 31.2 Å². The minimum atomic E-state index is -4.55. The van der Waals surface area contributed by atoms with E-state index < -0.39 is 11.9 Å². The maximum absolute atomic E-state index is 13.3. The number of morpholine rings is 1. The zero-order valence-corrected chi connectivity index (χ0v) is 16.9. The largest absolute Gasteiger partial charge is 0.433 e. The van der Waals surface area contributed by atoms with Crippen molar-refractivity contribution in [2.45, 2.75) is 36.0 Å². The van der Waals surface area contributed by atoms with Gasteiger partial charge in [0.1, 0.15) is 5.82 Å². The van der Waals surface area contributed by atoms with Gasteiger partial charge in [-0.2, -0.15) is 13.2 Å². The highest BCUT2D eigenvalue weighted by Gasteiger charge is 2.34. The van der Waals surface area contributed by atoms with Crippen molar-refractivity contribution in [1.29, 1.82) is 0 Å². The Labute approximate surface area is 176 Å². The summed E-state index contributed by atoms with van der Waals surface area (Å²) in [4.78, 5) is 21.9. The molecule has 30 heavy (non-hydrogen) atoms. The van der Waals surface area contributed by atoms with E-state index in [1.807, 2.05) is 0 Å². The lowest BCUT2D eigenvalue weighted by molar-refractivity contribution is -0.141. The number of anilines is 1. The van der Waals surface area contributed by atoms with Crippen molar-refractivity contribution in [3.8, 4) is 0 Å². The molecule has 1 aliphatic heterocycles. The molecule has 0 bridgehead atoms. The van der Waals surface area contributed by atoms with Gasteiger partial charge in [0.25, 0.3) is 5.91 Å². The van der Waals surface area contributed by atoms with Gasteiger partial charge >= 0.3 is 6.18 Å². The van der Waals surface area contributed by atoms with E-state index in [0.717, 1.165) is 36.2 Å². The van der Waals surface area contributed by atoms with Gasteiger partial charge in [-0.25, -0.2) is 9.97 Å². The predicted octanol–water partition coefficient (Wildman–Crippen LogP) is 3.52. The van der Waals surface area contributed by atoms with Gasteiger partial charge in [-0.1, -0.05) is 23.9 Å². The Morgan fingerprint density at radius 2 is 1.87 bits per heavy atom. The summed E-state index contributed by atoms with van der Waals surface area (Å²) < 4.78 is 45.2. The summed E-state index contributed by atoms with van der Waals surface area (Å²) in [6.45, 7) is 1.88. The molecule has 1 amide bonds. The first-order valence-electron chi connectivity index (χ1n) is 9.70. The van der Waals surface area contributed by atoms with Gasteiger partial charge in [-0.15, -0.1) is 0 Å². The van der Waals surface area contributed by atoms with Crippen LogP contribution in [0.25, 0.3) is 0 Å². The Hall–Kier alpha value is -2.33. The number of ether oxygens (including phenoxy) is 1. The van der Waals surface area contributed by atoms with E-state index in [9.17, 15) is 18.0 Å². The first-order valence-corrected chi connectivity index (χ1v) is 10.7. The number of thioether (sulfide) groups is 1. The van der Waals surface area contributed by atoms with Crippen LogP contribution in [0.3, 0.4) is 0 Å². The second-order valence-corrected chi connectivity index (χ2v) is 8.17. The molecular weight excluding hydrogens is 417 g/mol. The molecule has 0 unspecified atom stereocenters. The summed E-state index contributed by atoms with van der Waals surface area (Å²) in [5.74, 6) is 0.553. The van der Waals surface area contributed by atoms with Crippen LogP contribution in [0.4, 0.5) is 19.0 Å². The number of alkyl halides is 3. The van der Waals surface area contributed by atoms with Gasteiger partial charge in [-0.05, 0) is 30.5 Å². The van der Waals surface area contributed by atoms with Crippen LogP contribution in [0.15, 0.2) is 35.5 Å². The van der Waals surface area contributed by atoms with Gasteiger partial charge in [0, 0.05) is 36.5 Å². The van der Waals surface area contributed by atoms with Gasteiger partial charge in [0.05, 0.1) is 13.2 Å². The number of rotatable bonds is 6. The van der Waals surface area contributed by atoms with Gasteiger partial charge < -0.3 is 15.0 Å². The second-order valence-electron chi connectivity index (χ2n) is 7.22. The molecule has 10 heteroatoms. The molecule has 2 fully saturated rings. The van der Waals surface area contributed by atoms with Crippen LogP contribution < -0.4 is 10.2 Å². The zero-order chi connectivity index (χ0) is 21.1. The van der Waals surface area contributed by atoms with Crippen molar-refractivity contribution < 1.29 is 22.7 Å². The highest BCUT2D eigenvalue weighted by Crippen LogP contribution is 2.32. The Bertz CT molecular complexity index is 898. The lowest BCUT2D eigenvalue weighted by atomic mass is 10.1. The number of nitrogens with zero attached hydrogens (tertiary/aromatic N) is 3.